The predicted molar refractivity (Wildman–Crippen MR) is 78.9 cm³/mol. The molecule has 0 saturated carbocycles. The maximum absolute atomic E-state index is 12.8. The number of hydrogen-bond acceptors (Lipinski definition) is 4. The van der Waals surface area contributed by atoms with Crippen molar-refractivity contribution in [2.45, 2.75) is 31.3 Å². The minimum absolute atomic E-state index is 0.225. The normalized spacial score (nSPS) is 21.5. The average molecular weight is 369 g/mol. The lowest BCUT2D eigenvalue weighted by Gasteiger charge is -2.31. The Morgan fingerprint density at radius 2 is 2.25 bits per heavy atom. The number of hydrogen-bond donors (Lipinski definition) is 1. The maximum atomic E-state index is 12.8. The zero-order valence-corrected chi connectivity index (χ0v) is 13.5. The molecule has 2 heterocycles. The molecule has 2 rings (SSSR count). The van der Waals surface area contributed by atoms with Crippen LogP contribution in [0.3, 0.4) is 0 Å². The van der Waals surface area contributed by atoms with E-state index in [-0.39, 0.29) is 12.7 Å². The van der Waals surface area contributed by atoms with Crippen molar-refractivity contribution in [2.75, 3.05) is 20.3 Å². The van der Waals surface area contributed by atoms with Crippen molar-refractivity contribution in [1.29, 1.82) is 0 Å². The summed E-state index contributed by atoms with van der Waals surface area (Å²) in [6.45, 7) is 0.130. The van der Waals surface area contributed by atoms with E-state index in [1.165, 1.54) is 7.11 Å². The van der Waals surface area contributed by atoms with Gasteiger partial charge in [-0.25, -0.2) is 0 Å². The third-order valence-electron chi connectivity index (χ3n) is 3.63. The van der Waals surface area contributed by atoms with Gasteiger partial charge in [0.25, 0.3) is 5.56 Å². The number of halogens is 4. The molecular formula is C14H16ClF3N2O4. The Bertz CT molecular complexity index is 662. The second-order valence-electron chi connectivity index (χ2n) is 5.32. The lowest BCUT2D eigenvalue weighted by atomic mass is 10.1. The van der Waals surface area contributed by atoms with Crippen molar-refractivity contribution in [3.05, 3.63) is 33.2 Å². The molecule has 0 bridgehead atoms. The van der Waals surface area contributed by atoms with E-state index in [4.69, 9.17) is 21.1 Å². The fourth-order valence-electron chi connectivity index (χ4n) is 2.41. The minimum Gasteiger partial charge on any atom is -0.379 e. The fraction of sp³-hybridized carbons (Fsp3) is 0.571. The Hall–Kier alpha value is -1.58. The van der Waals surface area contributed by atoms with Gasteiger partial charge in [0.05, 0.1) is 24.3 Å². The molecule has 1 N–H and O–H groups in total. The molecule has 0 aliphatic carbocycles. The summed E-state index contributed by atoms with van der Waals surface area (Å²) in [6.07, 6.45) is -3.78. The van der Waals surface area contributed by atoms with Gasteiger partial charge in [-0.1, -0.05) is 11.6 Å². The summed E-state index contributed by atoms with van der Waals surface area (Å²) in [6, 6.07) is 0.0991. The lowest BCUT2D eigenvalue weighted by Crippen LogP contribution is -2.51. The zero-order valence-electron chi connectivity index (χ0n) is 12.7. The molecule has 1 aliphatic heterocycles. The molecule has 1 aromatic heterocycles. The van der Waals surface area contributed by atoms with Crippen LogP contribution >= 0.6 is 11.6 Å². The van der Waals surface area contributed by atoms with Gasteiger partial charge in [-0.3, -0.25) is 9.59 Å². The van der Waals surface area contributed by atoms with Gasteiger partial charge in [0.15, 0.2) is 0 Å². The van der Waals surface area contributed by atoms with Gasteiger partial charge in [-0.05, 0) is 12.5 Å². The first kappa shape index (κ1) is 18.8. The number of carbonyl (C=O) groups excluding carboxylic acids is 1. The van der Waals surface area contributed by atoms with Gasteiger partial charge in [-0.15, -0.1) is 0 Å². The van der Waals surface area contributed by atoms with Gasteiger partial charge in [0.2, 0.25) is 5.91 Å². The van der Waals surface area contributed by atoms with E-state index in [9.17, 15) is 22.8 Å². The van der Waals surface area contributed by atoms with Crippen LogP contribution in [0.2, 0.25) is 5.02 Å². The number of rotatable bonds is 4. The second kappa shape index (κ2) is 7.54. The van der Waals surface area contributed by atoms with Crippen molar-refractivity contribution in [1.82, 2.24) is 9.88 Å². The van der Waals surface area contributed by atoms with Crippen molar-refractivity contribution in [3.8, 4) is 0 Å². The first-order valence-corrected chi connectivity index (χ1v) is 7.47. The van der Waals surface area contributed by atoms with Crippen LogP contribution in [0, 0.1) is 0 Å². The summed E-state index contributed by atoms with van der Waals surface area (Å²) >= 11 is 5.54. The van der Waals surface area contributed by atoms with E-state index < -0.39 is 40.8 Å². The highest BCUT2D eigenvalue weighted by molar-refractivity contribution is 6.30. The number of ether oxygens (including phenoxy) is 2. The van der Waals surface area contributed by atoms with Crippen LogP contribution in [-0.2, 0) is 27.0 Å². The number of nitrogens with zero attached hydrogens (tertiary/aromatic N) is 1. The summed E-state index contributed by atoms with van der Waals surface area (Å²) in [7, 11) is 1.49. The highest BCUT2D eigenvalue weighted by Crippen LogP contribution is 2.29. The van der Waals surface area contributed by atoms with Gasteiger partial charge in [-0.2, -0.15) is 13.2 Å². The molecular weight excluding hydrogens is 353 g/mol. The molecule has 134 valence electrons. The van der Waals surface area contributed by atoms with Crippen LogP contribution < -0.4 is 10.9 Å². The molecule has 0 unspecified atom stereocenters. The third-order valence-corrected chi connectivity index (χ3v) is 3.90. The summed E-state index contributed by atoms with van der Waals surface area (Å²) in [5.41, 5.74) is -1.97. The fourth-order valence-corrected chi connectivity index (χ4v) is 2.64. The molecule has 1 aliphatic rings. The molecule has 1 aromatic rings. The van der Waals surface area contributed by atoms with Crippen LogP contribution in [0.1, 0.15) is 12.0 Å². The van der Waals surface area contributed by atoms with Gasteiger partial charge < -0.3 is 19.4 Å². The molecule has 1 saturated heterocycles. The van der Waals surface area contributed by atoms with Gasteiger partial charge in [0.1, 0.15) is 11.6 Å². The van der Waals surface area contributed by atoms with Crippen LogP contribution in [0.5, 0.6) is 0 Å². The lowest BCUT2D eigenvalue weighted by molar-refractivity contribution is -0.138. The summed E-state index contributed by atoms with van der Waals surface area (Å²) in [5.74, 6) is -0.634. The largest absolute Gasteiger partial charge is 0.417 e. The molecule has 2 atom stereocenters. The third kappa shape index (κ3) is 4.49. The van der Waals surface area contributed by atoms with Gasteiger partial charge >= 0.3 is 6.18 Å². The van der Waals surface area contributed by atoms with Gasteiger partial charge in [0, 0.05) is 19.9 Å². The quantitative estimate of drug-likeness (QED) is 0.873. The molecule has 1 amide bonds. The summed E-state index contributed by atoms with van der Waals surface area (Å²) < 4.78 is 49.4. The number of methoxy groups -OCH3 is 1. The Balaban J connectivity index is 2.14. The van der Waals surface area contributed by atoms with Crippen molar-refractivity contribution in [3.63, 3.8) is 0 Å². The number of nitrogens with one attached hydrogen (secondary N) is 1. The number of pyridine rings is 1. The number of amides is 1. The molecule has 10 heteroatoms. The Morgan fingerprint density at radius 3 is 2.88 bits per heavy atom. The molecule has 6 nitrogen and oxygen atoms in total. The minimum atomic E-state index is -4.67. The summed E-state index contributed by atoms with van der Waals surface area (Å²) in [4.78, 5) is 23.9. The van der Waals surface area contributed by atoms with E-state index >= 15 is 0 Å². The van der Waals surface area contributed by atoms with Crippen LogP contribution in [0.25, 0.3) is 0 Å². The van der Waals surface area contributed by atoms with E-state index in [1.54, 1.807) is 0 Å². The van der Waals surface area contributed by atoms with Crippen molar-refractivity contribution >= 4 is 17.5 Å². The first-order valence-electron chi connectivity index (χ1n) is 7.09. The Morgan fingerprint density at radius 1 is 1.54 bits per heavy atom. The monoisotopic (exact) mass is 368 g/mol. The van der Waals surface area contributed by atoms with E-state index in [1.807, 2.05) is 0 Å². The first-order chi connectivity index (χ1) is 11.2. The Labute approximate surface area is 140 Å². The smallest absolute Gasteiger partial charge is 0.379 e. The molecule has 1 fully saturated rings. The zero-order chi connectivity index (χ0) is 17.9. The van der Waals surface area contributed by atoms with E-state index in [2.05, 4.69) is 5.32 Å². The predicted octanol–water partition coefficient (Wildman–Crippen LogP) is 1.44. The van der Waals surface area contributed by atoms with Crippen LogP contribution in [-0.4, -0.2) is 42.9 Å². The topological polar surface area (TPSA) is 69.6 Å². The molecule has 0 spiro atoms. The number of aromatic nitrogens is 1. The van der Waals surface area contributed by atoms with E-state index in [0.717, 1.165) is 0 Å². The summed E-state index contributed by atoms with van der Waals surface area (Å²) in [5, 5.41) is 2.00. The highest BCUT2D eigenvalue weighted by atomic mass is 35.5. The van der Waals surface area contributed by atoms with Crippen LogP contribution in [0.15, 0.2) is 17.1 Å². The number of carbonyl (C=O) groups is 1. The molecule has 24 heavy (non-hydrogen) atoms. The SMILES string of the molecule is CO[C@@H]1CCOC[C@H]1NC(=O)Cn1cc(C(F)(F)F)cc(Cl)c1=O. The molecule has 0 aromatic carbocycles. The number of alkyl halides is 3. The van der Waals surface area contributed by atoms with E-state index in [0.29, 0.717) is 29.9 Å². The molecule has 0 radical (unpaired) electrons. The Kier molecular flexibility index (Phi) is 5.89. The average Bonchev–Trinajstić information content (AvgIpc) is 2.51. The van der Waals surface area contributed by atoms with Crippen LogP contribution in [0.4, 0.5) is 13.2 Å². The second-order valence-corrected chi connectivity index (χ2v) is 5.73. The van der Waals surface area contributed by atoms with Crippen molar-refractivity contribution < 1.29 is 27.4 Å². The van der Waals surface area contributed by atoms with Crippen molar-refractivity contribution in [2.24, 2.45) is 0 Å². The highest BCUT2D eigenvalue weighted by Gasteiger charge is 2.32. The standard InChI is InChI=1S/C14H16ClF3N2O4/c1-23-11-2-3-24-7-10(11)19-12(21)6-20-5-8(14(16,17)18)4-9(15)13(20)22/h4-5,10-11H,2-3,6-7H2,1H3,(H,19,21)/t10-,11-/m1/s1. The maximum Gasteiger partial charge on any atom is 0.417 e.